The predicted octanol–water partition coefficient (Wildman–Crippen LogP) is 4.90. The first-order valence-electron chi connectivity index (χ1n) is 6.77. The number of fused-ring (bicyclic) bond motifs is 2. The van der Waals surface area contributed by atoms with Crippen molar-refractivity contribution in [1.82, 2.24) is 9.97 Å². The Kier molecular flexibility index (Phi) is 2.82. The van der Waals surface area contributed by atoms with Crippen LogP contribution < -0.4 is 5.32 Å². The summed E-state index contributed by atoms with van der Waals surface area (Å²) in [4.78, 5) is 8.92. The van der Waals surface area contributed by atoms with Crippen LogP contribution in [-0.2, 0) is 0 Å². The summed E-state index contributed by atoms with van der Waals surface area (Å²) in [5.41, 5.74) is 3.32. The topological polar surface area (TPSA) is 37.8 Å². The van der Waals surface area contributed by atoms with E-state index in [0.717, 1.165) is 21.7 Å². The lowest BCUT2D eigenvalue weighted by molar-refractivity contribution is 1.36. The number of hydrogen-bond donors (Lipinski definition) is 1. The van der Waals surface area contributed by atoms with E-state index in [1.165, 1.54) is 15.6 Å². The third kappa shape index (κ3) is 2.14. The van der Waals surface area contributed by atoms with Crippen LogP contribution in [0, 0.1) is 6.92 Å². The minimum atomic E-state index is 0.913. The molecule has 0 radical (unpaired) electrons. The molecule has 3 nitrogen and oxygen atoms in total. The molecule has 4 heteroatoms. The fourth-order valence-electron chi connectivity index (χ4n) is 2.48. The van der Waals surface area contributed by atoms with Crippen molar-refractivity contribution in [2.75, 3.05) is 5.32 Å². The quantitative estimate of drug-likeness (QED) is 0.571. The molecule has 0 bridgehead atoms. The van der Waals surface area contributed by atoms with Gasteiger partial charge in [0.25, 0.3) is 0 Å². The van der Waals surface area contributed by atoms with Gasteiger partial charge in [0.05, 0.1) is 10.2 Å². The van der Waals surface area contributed by atoms with Gasteiger partial charge in [0, 0.05) is 23.5 Å². The maximum Gasteiger partial charge on any atom is 0.188 e. The van der Waals surface area contributed by atoms with Crippen molar-refractivity contribution in [3.05, 3.63) is 60.4 Å². The summed E-state index contributed by atoms with van der Waals surface area (Å²) >= 11 is 1.67. The van der Waals surface area contributed by atoms with Gasteiger partial charge in [-0.3, -0.25) is 4.98 Å². The number of benzene rings is 2. The van der Waals surface area contributed by atoms with Crippen molar-refractivity contribution in [3.8, 4) is 0 Å². The minimum Gasteiger partial charge on any atom is -0.331 e. The van der Waals surface area contributed by atoms with E-state index in [2.05, 4.69) is 47.6 Å². The summed E-state index contributed by atoms with van der Waals surface area (Å²) in [6.45, 7) is 2.09. The maximum absolute atomic E-state index is 4.70. The molecule has 102 valence electrons. The van der Waals surface area contributed by atoms with Crippen LogP contribution in [0.5, 0.6) is 0 Å². The highest BCUT2D eigenvalue weighted by Crippen LogP contribution is 2.32. The number of pyridine rings is 1. The van der Waals surface area contributed by atoms with Crippen LogP contribution in [0.3, 0.4) is 0 Å². The third-order valence-corrected chi connectivity index (χ3v) is 4.48. The zero-order chi connectivity index (χ0) is 14.2. The molecule has 0 aliphatic rings. The molecule has 4 rings (SSSR count). The molecule has 0 amide bonds. The van der Waals surface area contributed by atoms with Crippen LogP contribution in [0.2, 0.25) is 0 Å². The zero-order valence-corrected chi connectivity index (χ0v) is 12.3. The molecule has 4 aromatic rings. The van der Waals surface area contributed by atoms with Gasteiger partial charge in [-0.05, 0) is 36.1 Å². The number of aryl methyl sites for hydroxylation is 1. The molecule has 2 aromatic heterocycles. The van der Waals surface area contributed by atoms with Crippen molar-refractivity contribution in [2.45, 2.75) is 6.92 Å². The van der Waals surface area contributed by atoms with Gasteiger partial charge in [0.2, 0.25) is 0 Å². The highest BCUT2D eigenvalue weighted by molar-refractivity contribution is 7.22. The number of nitrogens with zero attached hydrogens (tertiary/aromatic N) is 2. The molecule has 0 atom stereocenters. The molecule has 0 saturated heterocycles. The van der Waals surface area contributed by atoms with E-state index < -0.39 is 0 Å². The zero-order valence-electron chi connectivity index (χ0n) is 11.5. The standard InChI is InChI=1S/C17H13N3S/c1-11-4-2-7-15-16(11)20-17(21-15)19-14-6-3-5-12-8-9-18-10-13(12)14/h2-10H,1H3,(H,19,20). The van der Waals surface area contributed by atoms with Gasteiger partial charge in [-0.1, -0.05) is 35.6 Å². The van der Waals surface area contributed by atoms with Crippen molar-refractivity contribution in [1.29, 1.82) is 0 Å². The van der Waals surface area contributed by atoms with Crippen LogP contribution in [0.25, 0.3) is 21.0 Å². The summed E-state index contributed by atoms with van der Waals surface area (Å²) in [5, 5.41) is 6.62. The van der Waals surface area contributed by atoms with Gasteiger partial charge in [-0.15, -0.1) is 0 Å². The van der Waals surface area contributed by atoms with Gasteiger partial charge in [-0.25, -0.2) is 4.98 Å². The smallest absolute Gasteiger partial charge is 0.188 e. The van der Waals surface area contributed by atoms with Crippen LogP contribution in [0.4, 0.5) is 10.8 Å². The first kappa shape index (κ1) is 12.3. The second-order valence-electron chi connectivity index (χ2n) is 4.97. The Morgan fingerprint density at radius 2 is 1.95 bits per heavy atom. The molecule has 0 spiro atoms. The Morgan fingerprint density at radius 1 is 1.05 bits per heavy atom. The molecular weight excluding hydrogens is 278 g/mol. The van der Waals surface area contributed by atoms with Crippen molar-refractivity contribution >= 4 is 43.1 Å². The summed E-state index contributed by atoms with van der Waals surface area (Å²) in [6, 6.07) is 14.5. The highest BCUT2D eigenvalue weighted by Gasteiger charge is 2.07. The number of aromatic nitrogens is 2. The average molecular weight is 291 g/mol. The molecule has 0 aliphatic carbocycles. The van der Waals surface area contributed by atoms with Crippen LogP contribution >= 0.6 is 11.3 Å². The summed E-state index contributed by atoms with van der Waals surface area (Å²) in [6.07, 6.45) is 3.70. The summed E-state index contributed by atoms with van der Waals surface area (Å²) in [7, 11) is 0. The third-order valence-electron chi connectivity index (χ3n) is 3.55. The molecule has 0 fully saturated rings. The predicted molar refractivity (Wildman–Crippen MR) is 89.4 cm³/mol. The van der Waals surface area contributed by atoms with Gasteiger partial charge in [0.15, 0.2) is 5.13 Å². The summed E-state index contributed by atoms with van der Waals surface area (Å²) < 4.78 is 1.20. The monoisotopic (exact) mass is 291 g/mol. The first-order chi connectivity index (χ1) is 10.3. The Bertz CT molecular complexity index is 938. The van der Waals surface area contributed by atoms with Gasteiger partial charge >= 0.3 is 0 Å². The Balaban J connectivity index is 1.81. The highest BCUT2D eigenvalue weighted by atomic mass is 32.1. The van der Waals surface area contributed by atoms with E-state index in [4.69, 9.17) is 4.98 Å². The molecule has 0 aliphatic heterocycles. The number of hydrogen-bond acceptors (Lipinski definition) is 4. The Labute approximate surface area is 126 Å². The molecule has 2 heterocycles. The van der Waals surface area contributed by atoms with Gasteiger partial charge < -0.3 is 5.32 Å². The van der Waals surface area contributed by atoms with E-state index in [9.17, 15) is 0 Å². The molecule has 21 heavy (non-hydrogen) atoms. The average Bonchev–Trinajstić information content (AvgIpc) is 2.92. The van der Waals surface area contributed by atoms with Crippen LogP contribution in [0.15, 0.2) is 54.9 Å². The fourth-order valence-corrected chi connectivity index (χ4v) is 3.43. The van der Waals surface area contributed by atoms with Crippen molar-refractivity contribution < 1.29 is 0 Å². The molecule has 2 aromatic carbocycles. The maximum atomic E-state index is 4.70. The first-order valence-corrected chi connectivity index (χ1v) is 7.59. The van der Waals surface area contributed by atoms with Crippen molar-refractivity contribution in [3.63, 3.8) is 0 Å². The molecule has 0 saturated carbocycles. The molecule has 0 unspecified atom stereocenters. The largest absolute Gasteiger partial charge is 0.331 e. The number of rotatable bonds is 2. The van der Waals surface area contributed by atoms with E-state index in [0.29, 0.717) is 0 Å². The Morgan fingerprint density at radius 3 is 2.86 bits per heavy atom. The van der Waals surface area contributed by atoms with Crippen molar-refractivity contribution in [2.24, 2.45) is 0 Å². The summed E-state index contributed by atoms with van der Waals surface area (Å²) in [5.74, 6) is 0. The SMILES string of the molecule is Cc1cccc2sc(Nc3cccc4ccncc34)nc12. The lowest BCUT2D eigenvalue weighted by Gasteiger charge is -2.06. The fraction of sp³-hybridized carbons (Fsp3) is 0.0588. The van der Waals surface area contributed by atoms with E-state index in [1.807, 2.05) is 24.5 Å². The lowest BCUT2D eigenvalue weighted by atomic mass is 10.1. The van der Waals surface area contributed by atoms with E-state index in [-0.39, 0.29) is 0 Å². The molecular formula is C17H13N3S. The second-order valence-corrected chi connectivity index (χ2v) is 6.00. The minimum absolute atomic E-state index is 0.913. The Hall–Kier alpha value is -2.46. The number of para-hydroxylation sites is 1. The number of anilines is 2. The van der Waals surface area contributed by atoms with Crippen LogP contribution in [-0.4, -0.2) is 9.97 Å². The molecule has 1 N–H and O–H groups in total. The normalized spacial score (nSPS) is 11.1. The lowest BCUT2D eigenvalue weighted by Crippen LogP contribution is -1.91. The number of nitrogens with one attached hydrogen (secondary N) is 1. The van der Waals surface area contributed by atoms with Crippen LogP contribution in [0.1, 0.15) is 5.56 Å². The van der Waals surface area contributed by atoms with Gasteiger partial charge in [0.1, 0.15) is 0 Å². The van der Waals surface area contributed by atoms with E-state index in [1.54, 1.807) is 11.3 Å². The van der Waals surface area contributed by atoms with E-state index >= 15 is 0 Å². The number of thiazole rings is 1. The van der Waals surface area contributed by atoms with Gasteiger partial charge in [-0.2, -0.15) is 0 Å². The second kappa shape index (κ2) is 4.82.